The van der Waals surface area contributed by atoms with Crippen molar-refractivity contribution < 1.29 is 14.7 Å². The number of carboxylic acids is 1. The molecule has 0 spiro atoms. The number of primary amides is 1. The minimum absolute atomic E-state index is 0.0751. The van der Waals surface area contributed by atoms with Gasteiger partial charge in [0.1, 0.15) is 0 Å². The third kappa shape index (κ3) is 2.59. The fourth-order valence-electron chi connectivity index (χ4n) is 1.57. The van der Waals surface area contributed by atoms with Gasteiger partial charge in [0, 0.05) is 6.42 Å². The Bertz CT molecular complexity index is 389. The number of aliphatic carboxylic acids is 1. The average molecular weight is 221 g/mol. The monoisotopic (exact) mass is 221 g/mol. The Labute approximate surface area is 94.1 Å². The number of amides is 1. The molecule has 0 heterocycles. The number of hydrogen-bond donors (Lipinski definition) is 2. The summed E-state index contributed by atoms with van der Waals surface area (Å²) in [5.41, 5.74) is 5.19. The summed E-state index contributed by atoms with van der Waals surface area (Å²) in [6.45, 7) is 1.67. The van der Waals surface area contributed by atoms with Gasteiger partial charge >= 0.3 is 5.97 Å². The maximum atomic E-state index is 11.5. The molecule has 4 nitrogen and oxygen atoms in total. The third-order valence-electron chi connectivity index (χ3n) is 2.79. The SMILES string of the molecule is C[C@](CCC(=O)O)(C(N)=O)c1ccccc1. The fourth-order valence-corrected chi connectivity index (χ4v) is 1.57. The first-order valence-corrected chi connectivity index (χ1v) is 5.04. The largest absolute Gasteiger partial charge is 0.481 e. The highest BCUT2D eigenvalue weighted by molar-refractivity contribution is 5.86. The lowest BCUT2D eigenvalue weighted by Gasteiger charge is -2.25. The van der Waals surface area contributed by atoms with Gasteiger partial charge in [0.25, 0.3) is 0 Å². The Kier molecular flexibility index (Phi) is 3.66. The first kappa shape index (κ1) is 12.2. The lowest BCUT2D eigenvalue weighted by atomic mass is 9.78. The standard InChI is InChI=1S/C12H15NO3/c1-12(11(13)16,8-7-10(14)15)9-5-3-2-4-6-9/h2-6H,7-8H2,1H3,(H2,13,16)(H,14,15)/t12-/m1/s1. The van der Waals surface area contributed by atoms with E-state index < -0.39 is 17.3 Å². The van der Waals surface area contributed by atoms with E-state index in [1.54, 1.807) is 31.2 Å². The van der Waals surface area contributed by atoms with Crippen molar-refractivity contribution in [3.63, 3.8) is 0 Å². The summed E-state index contributed by atoms with van der Waals surface area (Å²) in [4.78, 5) is 22.0. The highest BCUT2D eigenvalue weighted by Gasteiger charge is 2.33. The number of carbonyl (C=O) groups is 2. The highest BCUT2D eigenvalue weighted by atomic mass is 16.4. The van der Waals surface area contributed by atoms with Crippen molar-refractivity contribution in [2.75, 3.05) is 0 Å². The number of hydrogen-bond acceptors (Lipinski definition) is 2. The molecule has 0 aliphatic carbocycles. The number of carboxylic acid groups (broad SMARTS) is 1. The average Bonchev–Trinajstić information content (AvgIpc) is 2.26. The molecule has 0 fully saturated rings. The molecule has 1 atom stereocenters. The van der Waals surface area contributed by atoms with E-state index in [9.17, 15) is 9.59 Å². The van der Waals surface area contributed by atoms with Crippen molar-refractivity contribution in [2.24, 2.45) is 5.73 Å². The summed E-state index contributed by atoms with van der Waals surface area (Å²) >= 11 is 0. The van der Waals surface area contributed by atoms with E-state index in [4.69, 9.17) is 10.8 Å². The normalized spacial score (nSPS) is 14.1. The molecule has 1 aromatic rings. The van der Waals surface area contributed by atoms with Gasteiger partial charge in [-0.05, 0) is 18.9 Å². The smallest absolute Gasteiger partial charge is 0.303 e. The molecule has 86 valence electrons. The van der Waals surface area contributed by atoms with Crippen LogP contribution in [0.25, 0.3) is 0 Å². The summed E-state index contributed by atoms with van der Waals surface area (Å²) < 4.78 is 0. The quantitative estimate of drug-likeness (QED) is 0.786. The predicted molar refractivity (Wildman–Crippen MR) is 59.9 cm³/mol. The maximum Gasteiger partial charge on any atom is 0.303 e. The molecule has 0 aliphatic heterocycles. The molecule has 4 heteroatoms. The minimum Gasteiger partial charge on any atom is -0.481 e. The van der Waals surface area contributed by atoms with Crippen LogP contribution < -0.4 is 5.73 Å². The Morgan fingerprint density at radius 1 is 1.31 bits per heavy atom. The van der Waals surface area contributed by atoms with E-state index in [2.05, 4.69) is 0 Å². The molecule has 1 aromatic carbocycles. The lowest BCUT2D eigenvalue weighted by molar-refractivity contribution is -0.137. The van der Waals surface area contributed by atoms with Crippen LogP contribution in [0.5, 0.6) is 0 Å². The van der Waals surface area contributed by atoms with Gasteiger partial charge in [-0.1, -0.05) is 30.3 Å². The van der Waals surface area contributed by atoms with E-state index in [0.29, 0.717) is 0 Å². The second-order valence-corrected chi connectivity index (χ2v) is 3.96. The Hall–Kier alpha value is -1.84. The Morgan fingerprint density at radius 3 is 2.31 bits per heavy atom. The van der Waals surface area contributed by atoms with Gasteiger partial charge in [-0.15, -0.1) is 0 Å². The van der Waals surface area contributed by atoms with Gasteiger partial charge in [0.05, 0.1) is 5.41 Å². The number of benzene rings is 1. The molecule has 0 aromatic heterocycles. The van der Waals surface area contributed by atoms with Gasteiger partial charge in [-0.2, -0.15) is 0 Å². The summed E-state index contributed by atoms with van der Waals surface area (Å²) in [5, 5.41) is 8.65. The molecule has 0 saturated carbocycles. The Balaban J connectivity index is 2.98. The van der Waals surface area contributed by atoms with Crippen molar-refractivity contribution in [3.8, 4) is 0 Å². The van der Waals surface area contributed by atoms with Crippen molar-refractivity contribution >= 4 is 11.9 Å². The summed E-state index contributed by atoms with van der Waals surface area (Å²) in [5.74, 6) is -1.43. The van der Waals surface area contributed by atoms with E-state index in [1.165, 1.54) is 0 Å². The van der Waals surface area contributed by atoms with E-state index >= 15 is 0 Å². The van der Waals surface area contributed by atoms with Crippen molar-refractivity contribution in [1.82, 2.24) is 0 Å². The zero-order chi connectivity index (χ0) is 12.2. The maximum absolute atomic E-state index is 11.5. The summed E-state index contributed by atoms with van der Waals surface area (Å²) in [7, 11) is 0. The molecule has 1 amide bonds. The van der Waals surface area contributed by atoms with E-state index in [0.717, 1.165) is 5.56 Å². The Morgan fingerprint density at radius 2 is 1.88 bits per heavy atom. The molecule has 0 bridgehead atoms. The molecular formula is C12H15NO3. The number of nitrogens with two attached hydrogens (primary N) is 1. The van der Waals surface area contributed by atoms with Gasteiger partial charge in [0.2, 0.25) is 5.91 Å². The minimum atomic E-state index is -0.927. The number of rotatable bonds is 5. The van der Waals surface area contributed by atoms with Crippen molar-refractivity contribution in [1.29, 1.82) is 0 Å². The van der Waals surface area contributed by atoms with Crippen LogP contribution in [-0.2, 0) is 15.0 Å². The molecular weight excluding hydrogens is 206 g/mol. The van der Waals surface area contributed by atoms with Gasteiger partial charge in [-0.25, -0.2) is 0 Å². The molecule has 0 saturated heterocycles. The van der Waals surface area contributed by atoms with Crippen molar-refractivity contribution in [2.45, 2.75) is 25.2 Å². The third-order valence-corrected chi connectivity index (χ3v) is 2.79. The second-order valence-electron chi connectivity index (χ2n) is 3.96. The molecule has 16 heavy (non-hydrogen) atoms. The van der Waals surface area contributed by atoms with Crippen LogP contribution in [0.15, 0.2) is 30.3 Å². The first-order valence-electron chi connectivity index (χ1n) is 5.04. The van der Waals surface area contributed by atoms with Crippen LogP contribution in [0.4, 0.5) is 0 Å². The lowest BCUT2D eigenvalue weighted by Crippen LogP contribution is -2.38. The van der Waals surface area contributed by atoms with Crippen LogP contribution >= 0.6 is 0 Å². The zero-order valence-corrected chi connectivity index (χ0v) is 9.14. The van der Waals surface area contributed by atoms with Crippen LogP contribution in [0.2, 0.25) is 0 Å². The number of carbonyl (C=O) groups excluding carboxylic acids is 1. The van der Waals surface area contributed by atoms with E-state index in [-0.39, 0.29) is 12.8 Å². The van der Waals surface area contributed by atoms with Crippen LogP contribution in [0, 0.1) is 0 Å². The predicted octanol–water partition coefficient (Wildman–Crippen LogP) is 1.29. The fraction of sp³-hybridized carbons (Fsp3) is 0.333. The summed E-state index contributed by atoms with van der Waals surface area (Å²) in [6, 6.07) is 9.01. The molecule has 0 unspecified atom stereocenters. The molecule has 0 aliphatic rings. The second kappa shape index (κ2) is 4.79. The van der Waals surface area contributed by atoms with E-state index in [1.807, 2.05) is 6.07 Å². The van der Waals surface area contributed by atoms with Gasteiger partial charge in [0.15, 0.2) is 0 Å². The van der Waals surface area contributed by atoms with Gasteiger partial charge in [-0.3, -0.25) is 9.59 Å². The highest BCUT2D eigenvalue weighted by Crippen LogP contribution is 2.28. The first-order chi connectivity index (χ1) is 7.47. The van der Waals surface area contributed by atoms with Crippen LogP contribution in [-0.4, -0.2) is 17.0 Å². The topological polar surface area (TPSA) is 80.4 Å². The van der Waals surface area contributed by atoms with Crippen LogP contribution in [0.3, 0.4) is 0 Å². The zero-order valence-electron chi connectivity index (χ0n) is 9.14. The molecule has 0 radical (unpaired) electrons. The summed E-state index contributed by atoms with van der Waals surface area (Å²) in [6.07, 6.45) is 0.135. The van der Waals surface area contributed by atoms with Crippen molar-refractivity contribution in [3.05, 3.63) is 35.9 Å². The molecule has 3 N–H and O–H groups in total. The molecule has 1 rings (SSSR count). The van der Waals surface area contributed by atoms with Gasteiger partial charge < -0.3 is 10.8 Å². The van der Waals surface area contributed by atoms with Crippen LogP contribution in [0.1, 0.15) is 25.3 Å².